The summed E-state index contributed by atoms with van der Waals surface area (Å²) < 4.78 is 10.5. The number of nitrogens with zero attached hydrogens (tertiary/aromatic N) is 3. The highest BCUT2D eigenvalue weighted by Crippen LogP contribution is 2.57. The molecule has 50 heavy (non-hydrogen) atoms. The summed E-state index contributed by atoms with van der Waals surface area (Å²) >= 11 is 0. The van der Waals surface area contributed by atoms with E-state index in [1.807, 2.05) is 4.90 Å². The summed E-state index contributed by atoms with van der Waals surface area (Å²) in [7, 11) is 1.33. The molecule has 2 amide bonds. The van der Waals surface area contributed by atoms with Gasteiger partial charge in [0.25, 0.3) is 0 Å². The molecule has 0 bridgehead atoms. The van der Waals surface area contributed by atoms with Crippen LogP contribution in [0.2, 0.25) is 0 Å². The van der Waals surface area contributed by atoms with Crippen molar-refractivity contribution in [1.29, 1.82) is 0 Å². The van der Waals surface area contributed by atoms with Crippen molar-refractivity contribution >= 4 is 44.8 Å². The van der Waals surface area contributed by atoms with Gasteiger partial charge in [-0.05, 0) is 110 Å². The van der Waals surface area contributed by atoms with Crippen LogP contribution in [0.5, 0.6) is 0 Å². The molecule has 4 heterocycles. The number of carbonyl (C=O) groups is 2. The van der Waals surface area contributed by atoms with Gasteiger partial charge in [-0.1, -0.05) is 24.0 Å². The van der Waals surface area contributed by atoms with Crippen LogP contribution in [0.25, 0.3) is 32.8 Å². The Bertz CT molecular complexity index is 2230. The second-order valence-electron chi connectivity index (χ2n) is 15.2. The van der Waals surface area contributed by atoms with E-state index >= 15 is 0 Å². The lowest BCUT2D eigenvalue weighted by Gasteiger charge is -2.35. The van der Waals surface area contributed by atoms with E-state index in [-0.39, 0.29) is 23.9 Å². The molecule has 2 aliphatic heterocycles. The van der Waals surface area contributed by atoms with Crippen molar-refractivity contribution in [3.05, 3.63) is 71.3 Å². The Morgan fingerprint density at radius 1 is 0.880 bits per heavy atom. The standard InChI is InChI=1S/C40H40N6O4/c1-49-40(48)45-35(23-10-12-50-13-11-23)39(47)46-33-19-27(33)20-34(46)38-42-31-9-6-24-14-21(4-7-29(24)36(31)44-38)2-3-22-5-8-30-32(15-22)43-37(41-30)28-17-25-16-26(25)18-28/h4-9,14-15,23,25-28,33-35H,10-13,16-20H2,1H3,(H,41,43)(H,42,44)(H,45,48)/t25-,26+,27-,28?,33-,34+,35+/m1/s1. The van der Waals surface area contributed by atoms with E-state index in [2.05, 4.69) is 75.7 Å². The van der Waals surface area contributed by atoms with E-state index in [4.69, 9.17) is 19.4 Å². The Morgan fingerprint density at radius 3 is 2.48 bits per heavy atom. The zero-order valence-corrected chi connectivity index (χ0v) is 28.1. The second-order valence-corrected chi connectivity index (χ2v) is 15.2. The van der Waals surface area contributed by atoms with Gasteiger partial charge in [-0.3, -0.25) is 4.79 Å². The van der Waals surface area contributed by atoms with Gasteiger partial charge in [0.05, 0.1) is 35.2 Å². The van der Waals surface area contributed by atoms with Crippen LogP contribution in [0.4, 0.5) is 4.79 Å². The number of benzene rings is 3. The largest absolute Gasteiger partial charge is 0.453 e. The number of rotatable bonds is 5. The molecule has 2 aromatic heterocycles. The molecule has 3 saturated carbocycles. The van der Waals surface area contributed by atoms with Crippen molar-refractivity contribution in [2.24, 2.45) is 23.7 Å². The van der Waals surface area contributed by atoms with Crippen molar-refractivity contribution in [3.63, 3.8) is 0 Å². The van der Waals surface area contributed by atoms with Crippen LogP contribution >= 0.6 is 0 Å². The van der Waals surface area contributed by atoms with Crippen molar-refractivity contribution < 1.29 is 19.1 Å². The van der Waals surface area contributed by atoms with Gasteiger partial charge >= 0.3 is 6.09 Å². The molecule has 10 nitrogen and oxygen atoms in total. The van der Waals surface area contributed by atoms with E-state index in [0.717, 1.165) is 93.1 Å². The summed E-state index contributed by atoms with van der Waals surface area (Å²) in [4.78, 5) is 45.7. The fraction of sp³-hybridized carbons (Fsp3) is 0.450. The number of aromatic amines is 2. The molecule has 7 atom stereocenters. The summed E-state index contributed by atoms with van der Waals surface area (Å²) in [6, 6.07) is 16.0. The highest BCUT2D eigenvalue weighted by Gasteiger charge is 2.56. The van der Waals surface area contributed by atoms with Gasteiger partial charge < -0.3 is 29.7 Å². The van der Waals surface area contributed by atoms with Crippen molar-refractivity contribution in [1.82, 2.24) is 30.2 Å². The highest BCUT2D eigenvalue weighted by molar-refractivity contribution is 6.04. The minimum absolute atomic E-state index is 0.000990. The van der Waals surface area contributed by atoms with Crippen LogP contribution in [0.3, 0.4) is 0 Å². The Labute approximate surface area is 289 Å². The predicted octanol–water partition coefficient (Wildman–Crippen LogP) is 6.32. The molecule has 5 fully saturated rings. The number of amides is 2. The van der Waals surface area contributed by atoms with Crippen LogP contribution in [0.1, 0.15) is 79.7 Å². The number of carbonyl (C=O) groups excluding carboxylic acids is 2. The third kappa shape index (κ3) is 5.21. The van der Waals surface area contributed by atoms with Crippen LogP contribution in [0, 0.1) is 35.5 Å². The normalized spacial score (nSPS) is 27.5. The first-order valence-corrected chi connectivity index (χ1v) is 18.2. The predicted molar refractivity (Wildman–Crippen MR) is 188 cm³/mol. The summed E-state index contributed by atoms with van der Waals surface area (Å²) in [6.45, 7) is 1.17. The number of likely N-dealkylation sites (tertiary alicyclic amines) is 1. The molecule has 5 aromatic rings. The Morgan fingerprint density at radius 2 is 1.66 bits per heavy atom. The lowest BCUT2D eigenvalue weighted by molar-refractivity contribution is -0.138. The number of nitrogens with one attached hydrogen (secondary N) is 3. The molecule has 1 unspecified atom stereocenters. The SMILES string of the molecule is COC(=O)N[C@H](C(=O)N1[C@@H]2C[C@@H]2C[C@H]1c1nc2c(ccc3cc(C#Cc4ccc5nc(C6C[C@@H]7C[C@@H]7C6)[nH]c5c4)ccc32)[nH]1)C1CCOCC1. The van der Waals surface area contributed by atoms with E-state index in [9.17, 15) is 9.59 Å². The molecule has 2 saturated heterocycles. The molecule has 3 aliphatic carbocycles. The number of methoxy groups -OCH3 is 1. The zero-order chi connectivity index (χ0) is 33.5. The van der Waals surface area contributed by atoms with Crippen LogP contribution in [0.15, 0.2) is 48.5 Å². The van der Waals surface area contributed by atoms with E-state index in [1.165, 1.54) is 26.4 Å². The van der Waals surface area contributed by atoms with Crippen LogP contribution in [-0.2, 0) is 14.3 Å². The molecule has 10 heteroatoms. The number of hydrogen-bond donors (Lipinski definition) is 3. The topological polar surface area (TPSA) is 125 Å². The first-order valence-electron chi connectivity index (χ1n) is 18.2. The molecule has 5 aliphatic rings. The van der Waals surface area contributed by atoms with Gasteiger partial charge in [0.15, 0.2) is 0 Å². The number of imidazole rings is 2. The minimum Gasteiger partial charge on any atom is -0.453 e. The van der Waals surface area contributed by atoms with E-state index in [0.29, 0.717) is 25.0 Å². The first-order chi connectivity index (χ1) is 24.5. The maximum absolute atomic E-state index is 14.2. The number of alkyl carbamates (subject to hydrolysis) is 1. The van der Waals surface area contributed by atoms with E-state index < -0.39 is 12.1 Å². The molecular weight excluding hydrogens is 628 g/mol. The number of hydrogen-bond acceptors (Lipinski definition) is 6. The molecule has 3 N–H and O–H groups in total. The van der Waals surface area contributed by atoms with Gasteiger partial charge in [-0.15, -0.1) is 0 Å². The molecule has 0 spiro atoms. The van der Waals surface area contributed by atoms with Crippen LogP contribution in [-0.4, -0.2) is 69.2 Å². The maximum Gasteiger partial charge on any atom is 0.407 e. The zero-order valence-electron chi connectivity index (χ0n) is 28.1. The van der Waals surface area contributed by atoms with Crippen molar-refractivity contribution in [2.75, 3.05) is 20.3 Å². The molecule has 0 radical (unpaired) electrons. The van der Waals surface area contributed by atoms with E-state index in [1.54, 1.807) is 0 Å². The second kappa shape index (κ2) is 11.6. The Balaban J connectivity index is 0.905. The molecule has 10 rings (SSSR count). The van der Waals surface area contributed by atoms with Gasteiger partial charge in [0.2, 0.25) is 5.91 Å². The molecule has 254 valence electrons. The van der Waals surface area contributed by atoms with Crippen molar-refractivity contribution in [2.45, 2.75) is 69.0 Å². The Hall–Kier alpha value is -4.88. The smallest absolute Gasteiger partial charge is 0.407 e. The van der Waals surface area contributed by atoms with Crippen LogP contribution < -0.4 is 5.32 Å². The quantitative estimate of drug-likeness (QED) is 0.188. The average Bonchev–Trinajstić information content (AvgIpc) is 3.75. The maximum atomic E-state index is 14.2. The number of piperidine rings is 1. The van der Waals surface area contributed by atoms with Crippen molar-refractivity contribution in [3.8, 4) is 11.8 Å². The number of aromatic nitrogens is 4. The van der Waals surface area contributed by atoms with Gasteiger partial charge in [-0.25, -0.2) is 14.8 Å². The fourth-order valence-electron chi connectivity index (χ4n) is 9.23. The molecule has 3 aromatic carbocycles. The summed E-state index contributed by atoms with van der Waals surface area (Å²) in [5, 5.41) is 4.97. The molecular formula is C40H40N6O4. The summed E-state index contributed by atoms with van der Waals surface area (Å²) in [5.74, 6) is 11.5. The third-order valence-corrected chi connectivity index (χ3v) is 12.1. The lowest BCUT2D eigenvalue weighted by Crippen LogP contribution is -2.54. The monoisotopic (exact) mass is 668 g/mol. The first kappa shape index (κ1) is 30.0. The third-order valence-electron chi connectivity index (χ3n) is 12.1. The highest BCUT2D eigenvalue weighted by atomic mass is 16.5. The minimum atomic E-state index is -0.654. The average molecular weight is 669 g/mol. The number of ether oxygens (including phenoxy) is 2. The summed E-state index contributed by atoms with van der Waals surface area (Å²) in [5.41, 5.74) is 5.80. The number of H-pyrrole nitrogens is 2. The fourth-order valence-corrected chi connectivity index (χ4v) is 9.23. The van der Waals surface area contributed by atoms with Gasteiger partial charge in [0.1, 0.15) is 17.7 Å². The van der Waals surface area contributed by atoms with Gasteiger partial charge in [-0.2, -0.15) is 0 Å². The Kier molecular flexibility index (Phi) is 6.95. The lowest BCUT2D eigenvalue weighted by atomic mass is 9.90. The van der Waals surface area contributed by atoms with Gasteiger partial charge in [0, 0.05) is 41.7 Å². The summed E-state index contributed by atoms with van der Waals surface area (Å²) in [6.07, 6.45) is 6.68. The number of fused-ring (bicyclic) bond motifs is 6.